The molecular weight excluding hydrogens is 260 g/mol. The molecule has 1 N–H and O–H groups in total. The summed E-state index contributed by atoms with van der Waals surface area (Å²) in [5, 5.41) is 8.59. The molecule has 4 heteroatoms. The topological polar surface area (TPSA) is 46.5 Å². The first-order valence-electron chi connectivity index (χ1n) is 5.85. The SMILES string of the molecule is O=C(O)CSc1ccc(OCc2ccccc2)cc1. The molecule has 2 rings (SSSR count). The van der Waals surface area contributed by atoms with E-state index in [0.717, 1.165) is 16.2 Å². The molecule has 0 spiro atoms. The van der Waals surface area contributed by atoms with Crippen molar-refractivity contribution in [2.45, 2.75) is 11.5 Å². The van der Waals surface area contributed by atoms with Gasteiger partial charge in [-0.25, -0.2) is 0 Å². The van der Waals surface area contributed by atoms with Gasteiger partial charge in [0.2, 0.25) is 0 Å². The van der Waals surface area contributed by atoms with Crippen molar-refractivity contribution < 1.29 is 14.6 Å². The smallest absolute Gasteiger partial charge is 0.313 e. The molecule has 3 nitrogen and oxygen atoms in total. The Morgan fingerprint density at radius 1 is 1.05 bits per heavy atom. The highest BCUT2D eigenvalue weighted by Crippen LogP contribution is 2.21. The molecule has 0 aliphatic rings. The Labute approximate surface area is 116 Å². The maximum absolute atomic E-state index is 10.5. The van der Waals surface area contributed by atoms with E-state index in [-0.39, 0.29) is 5.75 Å². The third kappa shape index (κ3) is 4.67. The molecule has 0 radical (unpaired) electrons. The number of thioether (sulfide) groups is 1. The van der Waals surface area contributed by atoms with Crippen LogP contribution in [0, 0.1) is 0 Å². The first-order chi connectivity index (χ1) is 9.24. The second-order valence-corrected chi connectivity index (χ2v) is 4.98. The molecule has 0 amide bonds. The number of hydrogen-bond acceptors (Lipinski definition) is 3. The van der Waals surface area contributed by atoms with Crippen molar-refractivity contribution in [3.8, 4) is 5.75 Å². The number of rotatable bonds is 6. The van der Waals surface area contributed by atoms with Crippen LogP contribution in [0.3, 0.4) is 0 Å². The zero-order chi connectivity index (χ0) is 13.5. The van der Waals surface area contributed by atoms with Gasteiger partial charge < -0.3 is 9.84 Å². The molecule has 0 saturated heterocycles. The largest absolute Gasteiger partial charge is 0.489 e. The normalized spacial score (nSPS) is 10.1. The summed E-state index contributed by atoms with van der Waals surface area (Å²) in [6.45, 7) is 0.530. The van der Waals surface area contributed by atoms with Crippen molar-refractivity contribution in [2.24, 2.45) is 0 Å². The fourth-order valence-electron chi connectivity index (χ4n) is 1.52. The fraction of sp³-hybridized carbons (Fsp3) is 0.133. The van der Waals surface area contributed by atoms with Gasteiger partial charge in [0.25, 0.3) is 0 Å². The predicted octanol–water partition coefficient (Wildman–Crippen LogP) is 3.44. The van der Waals surface area contributed by atoms with Crippen LogP contribution < -0.4 is 4.74 Å². The van der Waals surface area contributed by atoms with Gasteiger partial charge in [0.05, 0.1) is 5.75 Å². The lowest BCUT2D eigenvalue weighted by atomic mass is 10.2. The van der Waals surface area contributed by atoms with Gasteiger partial charge in [0.1, 0.15) is 12.4 Å². The maximum atomic E-state index is 10.5. The minimum Gasteiger partial charge on any atom is -0.489 e. The second kappa shape index (κ2) is 6.85. The lowest BCUT2D eigenvalue weighted by molar-refractivity contribution is -0.133. The Hall–Kier alpha value is -1.94. The summed E-state index contributed by atoms with van der Waals surface area (Å²) in [4.78, 5) is 11.4. The van der Waals surface area contributed by atoms with Gasteiger partial charge in [-0.15, -0.1) is 11.8 Å². The van der Waals surface area contributed by atoms with E-state index in [1.54, 1.807) is 0 Å². The summed E-state index contributed by atoms with van der Waals surface area (Å²) < 4.78 is 5.65. The highest BCUT2D eigenvalue weighted by atomic mass is 32.2. The summed E-state index contributed by atoms with van der Waals surface area (Å²) in [6.07, 6.45) is 0. The van der Waals surface area contributed by atoms with Crippen LogP contribution in [-0.4, -0.2) is 16.8 Å². The van der Waals surface area contributed by atoms with Gasteiger partial charge in [-0.05, 0) is 29.8 Å². The van der Waals surface area contributed by atoms with E-state index in [4.69, 9.17) is 9.84 Å². The molecule has 0 saturated carbocycles. The van der Waals surface area contributed by atoms with E-state index in [9.17, 15) is 4.79 Å². The third-order valence-electron chi connectivity index (χ3n) is 2.43. The third-order valence-corrected chi connectivity index (χ3v) is 3.43. The van der Waals surface area contributed by atoms with E-state index >= 15 is 0 Å². The number of hydrogen-bond donors (Lipinski definition) is 1. The maximum Gasteiger partial charge on any atom is 0.313 e. The van der Waals surface area contributed by atoms with Crippen molar-refractivity contribution in [3.05, 3.63) is 60.2 Å². The van der Waals surface area contributed by atoms with Crippen molar-refractivity contribution in [1.82, 2.24) is 0 Å². The number of carboxylic acid groups (broad SMARTS) is 1. The van der Waals surface area contributed by atoms with Gasteiger partial charge in [-0.1, -0.05) is 30.3 Å². The molecule has 2 aromatic rings. The highest BCUT2D eigenvalue weighted by Gasteiger charge is 2.00. The van der Waals surface area contributed by atoms with E-state index in [1.807, 2.05) is 54.6 Å². The summed E-state index contributed by atoms with van der Waals surface area (Å²) in [5.74, 6) is 0.0439. The van der Waals surface area contributed by atoms with Gasteiger partial charge in [0, 0.05) is 4.90 Å². The van der Waals surface area contributed by atoms with E-state index in [2.05, 4.69) is 0 Å². The van der Waals surface area contributed by atoms with Crippen LogP contribution in [0.15, 0.2) is 59.5 Å². The minimum atomic E-state index is -0.811. The molecule has 19 heavy (non-hydrogen) atoms. The standard InChI is InChI=1S/C15H14O3S/c16-15(17)11-19-14-8-6-13(7-9-14)18-10-12-4-2-1-3-5-12/h1-9H,10-11H2,(H,16,17). The molecule has 0 aliphatic heterocycles. The lowest BCUT2D eigenvalue weighted by Crippen LogP contribution is -1.97. The first-order valence-corrected chi connectivity index (χ1v) is 6.84. The summed E-state index contributed by atoms with van der Waals surface area (Å²) in [7, 11) is 0. The molecule has 2 aromatic carbocycles. The zero-order valence-electron chi connectivity index (χ0n) is 10.3. The average Bonchev–Trinajstić information content (AvgIpc) is 2.45. The zero-order valence-corrected chi connectivity index (χ0v) is 11.1. The van der Waals surface area contributed by atoms with E-state index < -0.39 is 5.97 Å². The fourth-order valence-corrected chi connectivity index (χ4v) is 2.14. The van der Waals surface area contributed by atoms with Gasteiger partial charge in [-0.3, -0.25) is 4.79 Å². The average molecular weight is 274 g/mol. The lowest BCUT2D eigenvalue weighted by Gasteiger charge is -2.06. The molecule has 0 aromatic heterocycles. The van der Waals surface area contributed by atoms with Crippen LogP contribution in [0.1, 0.15) is 5.56 Å². The van der Waals surface area contributed by atoms with E-state index in [0.29, 0.717) is 6.61 Å². The Kier molecular flexibility index (Phi) is 4.86. The second-order valence-electron chi connectivity index (χ2n) is 3.93. The van der Waals surface area contributed by atoms with Crippen LogP contribution >= 0.6 is 11.8 Å². The molecule has 0 atom stereocenters. The summed E-state index contributed by atoms with van der Waals surface area (Å²) >= 11 is 1.30. The van der Waals surface area contributed by atoms with Crippen LogP contribution in [0.5, 0.6) is 5.75 Å². The highest BCUT2D eigenvalue weighted by molar-refractivity contribution is 8.00. The molecule has 0 bridgehead atoms. The van der Waals surface area contributed by atoms with Crippen molar-refractivity contribution in [1.29, 1.82) is 0 Å². The summed E-state index contributed by atoms with van der Waals surface area (Å²) in [5.41, 5.74) is 1.12. The summed E-state index contributed by atoms with van der Waals surface area (Å²) in [6, 6.07) is 17.4. The number of carbonyl (C=O) groups is 1. The molecule has 0 heterocycles. The van der Waals surface area contributed by atoms with Crippen molar-refractivity contribution >= 4 is 17.7 Å². The van der Waals surface area contributed by atoms with Gasteiger partial charge in [0.15, 0.2) is 0 Å². The van der Waals surface area contributed by atoms with E-state index in [1.165, 1.54) is 11.8 Å². The number of carboxylic acids is 1. The van der Waals surface area contributed by atoms with Crippen LogP contribution in [-0.2, 0) is 11.4 Å². The van der Waals surface area contributed by atoms with Crippen molar-refractivity contribution in [3.63, 3.8) is 0 Å². The van der Waals surface area contributed by atoms with Gasteiger partial charge in [-0.2, -0.15) is 0 Å². The monoisotopic (exact) mass is 274 g/mol. The quantitative estimate of drug-likeness (QED) is 0.820. The predicted molar refractivity (Wildman–Crippen MR) is 75.6 cm³/mol. The molecule has 0 aliphatic carbocycles. The first kappa shape index (κ1) is 13.5. The molecule has 0 unspecified atom stereocenters. The Balaban J connectivity index is 1.86. The Morgan fingerprint density at radius 2 is 1.74 bits per heavy atom. The molecule has 98 valence electrons. The number of aliphatic carboxylic acids is 1. The van der Waals surface area contributed by atoms with Crippen LogP contribution in [0.4, 0.5) is 0 Å². The Bertz CT molecular complexity index is 523. The van der Waals surface area contributed by atoms with Crippen LogP contribution in [0.2, 0.25) is 0 Å². The Morgan fingerprint density at radius 3 is 2.37 bits per heavy atom. The molecule has 0 fully saturated rings. The minimum absolute atomic E-state index is 0.0736. The van der Waals surface area contributed by atoms with Crippen molar-refractivity contribution in [2.75, 3.05) is 5.75 Å². The number of ether oxygens (including phenoxy) is 1. The van der Waals surface area contributed by atoms with Gasteiger partial charge >= 0.3 is 5.97 Å². The number of benzene rings is 2. The molecular formula is C15H14O3S. The van der Waals surface area contributed by atoms with Crippen LogP contribution in [0.25, 0.3) is 0 Å².